The minimum absolute atomic E-state index is 0.179. The van der Waals surface area contributed by atoms with Crippen LogP contribution in [0.1, 0.15) is 37.2 Å². The van der Waals surface area contributed by atoms with E-state index in [0.717, 1.165) is 37.2 Å². The second-order valence-corrected chi connectivity index (χ2v) is 7.53. The first-order valence-corrected chi connectivity index (χ1v) is 8.38. The van der Waals surface area contributed by atoms with Gasteiger partial charge in [-0.1, -0.05) is 6.42 Å². The minimum atomic E-state index is -2.90. The van der Waals surface area contributed by atoms with Crippen LogP contribution in [0.5, 0.6) is 0 Å². The number of sulfone groups is 1. The summed E-state index contributed by atoms with van der Waals surface area (Å²) < 4.78 is 28.6. The Labute approximate surface area is 109 Å². The molecule has 1 aromatic heterocycles. The largest absolute Gasteiger partial charge is 0.465 e. The van der Waals surface area contributed by atoms with E-state index in [0.29, 0.717) is 6.54 Å². The van der Waals surface area contributed by atoms with E-state index in [-0.39, 0.29) is 11.3 Å². The summed E-state index contributed by atoms with van der Waals surface area (Å²) in [7, 11) is -2.90. The first kappa shape index (κ1) is 13.6. The van der Waals surface area contributed by atoms with Gasteiger partial charge in [0, 0.05) is 12.3 Å². The number of hydrogen-bond donors (Lipinski definition) is 1. The normalized spacial score (nSPS) is 25.2. The lowest BCUT2D eigenvalue weighted by Gasteiger charge is -2.28. The second-order valence-electron chi connectivity index (χ2n) is 5.21. The molecule has 1 aromatic rings. The molecule has 0 radical (unpaired) electrons. The van der Waals surface area contributed by atoms with Crippen LogP contribution < -0.4 is 5.32 Å². The van der Waals surface area contributed by atoms with Crippen molar-refractivity contribution in [2.24, 2.45) is 0 Å². The maximum Gasteiger partial charge on any atom is 0.150 e. The molecule has 0 amide bonds. The highest BCUT2D eigenvalue weighted by molar-refractivity contribution is 7.91. The third kappa shape index (κ3) is 3.59. The van der Waals surface area contributed by atoms with Gasteiger partial charge in [0.2, 0.25) is 0 Å². The van der Waals surface area contributed by atoms with Crippen LogP contribution in [0, 0.1) is 6.92 Å². The lowest BCUT2D eigenvalue weighted by molar-refractivity contribution is 0.354. The molecule has 0 spiro atoms. The number of rotatable bonds is 4. The van der Waals surface area contributed by atoms with Crippen LogP contribution in [0.2, 0.25) is 0 Å². The highest BCUT2D eigenvalue weighted by Gasteiger charge is 2.28. The van der Waals surface area contributed by atoms with Gasteiger partial charge in [0.15, 0.2) is 0 Å². The van der Waals surface area contributed by atoms with Crippen molar-refractivity contribution in [2.75, 3.05) is 6.26 Å². The average molecular weight is 271 g/mol. The van der Waals surface area contributed by atoms with Gasteiger partial charge in [-0.2, -0.15) is 0 Å². The van der Waals surface area contributed by atoms with Crippen molar-refractivity contribution in [2.45, 2.75) is 50.4 Å². The molecule has 0 aliphatic heterocycles. The van der Waals surface area contributed by atoms with Crippen LogP contribution in [0.4, 0.5) is 0 Å². The van der Waals surface area contributed by atoms with Gasteiger partial charge in [0.1, 0.15) is 21.4 Å². The molecule has 1 fully saturated rings. The maximum absolute atomic E-state index is 11.6. The van der Waals surface area contributed by atoms with Crippen molar-refractivity contribution in [3.63, 3.8) is 0 Å². The van der Waals surface area contributed by atoms with Crippen LogP contribution >= 0.6 is 0 Å². The number of hydrogen-bond acceptors (Lipinski definition) is 4. The van der Waals surface area contributed by atoms with E-state index < -0.39 is 9.84 Å². The van der Waals surface area contributed by atoms with Gasteiger partial charge in [-0.25, -0.2) is 8.42 Å². The van der Waals surface area contributed by atoms with Gasteiger partial charge < -0.3 is 9.73 Å². The van der Waals surface area contributed by atoms with Crippen LogP contribution in [0.25, 0.3) is 0 Å². The predicted octanol–water partition coefficient (Wildman–Crippen LogP) is 2.03. The molecule has 2 atom stereocenters. The van der Waals surface area contributed by atoms with E-state index in [1.807, 2.05) is 19.1 Å². The van der Waals surface area contributed by atoms with Crippen LogP contribution in [0.3, 0.4) is 0 Å². The van der Waals surface area contributed by atoms with Crippen LogP contribution in [-0.4, -0.2) is 26.0 Å². The van der Waals surface area contributed by atoms with Crippen molar-refractivity contribution in [3.05, 3.63) is 23.7 Å². The lowest BCUT2D eigenvalue weighted by atomic mass is 9.95. The van der Waals surface area contributed by atoms with E-state index in [9.17, 15) is 8.42 Å². The van der Waals surface area contributed by atoms with Crippen LogP contribution in [0.15, 0.2) is 16.5 Å². The fraction of sp³-hybridized carbons (Fsp3) is 0.692. The SMILES string of the molecule is Cc1ccc(CNC2CCCC(S(C)(=O)=O)C2)o1. The summed E-state index contributed by atoms with van der Waals surface area (Å²) in [5.41, 5.74) is 0. The molecular weight excluding hydrogens is 250 g/mol. The van der Waals surface area contributed by atoms with Crippen LogP contribution in [-0.2, 0) is 16.4 Å². The summed E-state index contributed by atoms with van der Waals surface area (Å²) >= 11 is 0. The second kappa shape index (κ2) is 5.45. The van der Waals surface area contributed by atoms with E-state index in [2.05, 4.69) is 5.32 Å². The zero-order chi connectivity index (χ0) is 13.2. The Morgan fingerprint density at radius 3 is 2.78 bits per heavy atom. The zero-order valence-electron chi connectivity index (χ0n) is 11.0. The Hall–Kier alpha value is -0.810. The lowest BCUT2D eigenvalue weighted by Crippen LogP contribution is -2.38. The molecule has 2 rings (SSSR count). The summed E-state index contributed by atoms with van der Waals surface area (Å²) in [6, 6.07) is 4.18. The van der Waals surface area contributed by atoms with Crippen molar-refractivity contribution >= 4 is 9.84 Å². The van der Waals surface area contributed by atoms with Crippen molar-refractivity contribution in [3.8, 4) is 0 Å². The van der Waals surface area contributed by atoms with Crippen molar-refractivity contribution in [1.82, 2.24) is 5.32 Å². The smallest absolute Gasteiger partial charge is 0.150 e. The molecule has 1 aliphatic rings. The standard InChI is InChI=1S/C13H21NO3S/c1-10-6-7-12(17-10)9-14-11-4-3-5-13(8-11)18(2,15)16/h6-7,11,13-14H,3-5,8-9H2,1-2H3. The summed E-state index contributed by atoms with van der Waals surface area (Å²) in [5, 5.41) is 3.22. The topological polar surface area (TPSA) is 59.3 Å². The van der Waals surface area contributed by atoms with Gasteiger partial charge in [0.25, 0.3) is 0 Å². The van der Waals surface area contributed by atoms with Gasteiger partial charge in [-0.3, -0.25) is 0 Å². The number of nitrogens with one attached hydrogen (secondary N) is 1. The first-order valence-electron chi connectivity index (χ1n) is 6.42. The minimum Gasteiger partial charge on any atom is -0.465 e. The Balaban J connectivity index is 1.86. The Kier molecular flexibility index (Phi) is 4.12. The molecule has 0 bridgehead atoms. The maximum atomic E-state index is 11.6. The molecule has 2 unspecified atom stereocenters. The Bertz CT molecular complexity index is 492. The van der Waals surface area contributed by atoms with E-state index in [1.165, 1.54) is 6.26 Å². The van der Waals surface area contributed by atoms with E-state index in [1.54, 1.807) is 0 Å². The molecule has 1 N–H and O–H groups in total. The highest BCUT2D eigenvalue weighted by atomic mass is 32.2. The third-order valence-electron chi connectivity index (χ3n) is 3.59. The third-order valence-corrected chi connectivity index (χ3v) is 5.23. The number of furan rings is 1. The average Bonchev–Trinajstić information content (AvgIpc) is 2.72. The summed E-state index contributed by atoms with van der Waals surface area (Å²) in [4.78, 5) is 0. The molecule has 18 heavy (non-hydrogen) atoms. The molecule has 0 saturated heterocycles. The molecule has 102 valence electrons. The Morgan fingerprint density at radius 2 is 2.17 bits per heavy atom. The van der Waals surface area contributed by atoms with Gasteiger partial charge in [-0.05, 0) is 38.3 Å². The highest BCUT2D eigenvalue weighted by Crippen LogP contribution is 2.24. The monoisotopic (exact) mass is 271 g/mol. The zero-order valence-corrected chi connectivity index (χ0v) is 11.8. The summed E-state index contributed by atoms with van der Waals surface area (Å²) in [6.45, 7) is 2.60. The fourth-order valence-corrected chi connectivity index (χ4v) is 3.72. The Morgan fingerprint density at radius 1 is 1.39 bits per heavy atom. The molecule has 1 aliphatic carbocycles. The molecule has 4 nitrogen and oxygen atoms in total. The van der Waals surface area contributed by atoms with Gasteiger partial charge in [-0.15, -0.1) is 0 Å². The summed E-state index contributed by atoms with van der Waals surface area (Å²) in [5.74, 6) is 1.82. The molecule has 1 saturated carbocycles. The quantitative estimate of drug-likeness (QED) is 0.910. The molecule has 0 aromatic carbocycles. The molecule has 1 heterocycles. The van der Waals surface area contributed by atoms with Crippen molar-refractivity contribution < 1.29 is 12.8 Å². The van der Waals surface area contributed by atoms with E-state index in [4.69, 9.17) is 4.42 Å². The first-order chi connectivity index (χ1) is 8.45. The van der Waals surface area contributed by atoms with E-state index >= 15 is 0 Å². The number of aryl methyl sites for hydroxylation is 1. The van der Waals surface area contributed by atoms with Gasteiger partial charge in [0.05, 0.1) is 11.8 Å². The molecule has 5 heteroatoms. The van der Waals surface area contributed by atoms with Gasteiger partial charge >= 0.3 is 0 Å². The fourth-order valence-electron chi connectivity index (χ4n) is 2.54. The predicted molar refractivity (Wildman–Crippen MR) is 71.2 cm³/mol. The molecular formula is C13H21NO3S. The summed E-state index contributed by atoms with van der Waals surface area (Å²) in [6.07, 6.45) is 4.89. The van der Waals surface area contributed by atoms with Crippen molar-refractivity contribution in [1.29, 1.82) is 0 Å².